The number of thiophene rings is 1. The van der Waals surface area contributed by atoms with Crippen molar-refractivity contribution < 1.29 is 4.39 Å². The molecule has 3 nitrogen and oxygen atoms in total. The first-order valence-corrected chi connectivity index (χ1v) is 6.20. The van der Waals surface area contributed by atoms with Crippen molar-refractivity contribution in [2.75, 3.05) is 0 Å². The van der Waals surface area contributed by atoms with Gasteiger partial charge in [0.25, 0.3) is 0 Å². The topological polar surface area (TPSA) is 38.7 Å². The first-order valence-electron chi connectivity index (χ1n) is 5.32. The van der Waals surface area contributed by atoms with Crippen molar-refractivity contribution in [2.45, 2.75) is 0 Å². The fourth-order valence-corrected chi connectivity index (χ4v) is 2.25. The predicted octanol–water partition coefficient (Wildman–Crippen LogP) is 3.41. The maximum Gasteiger partial charge on any atom is 0.173 e. The van der Waals surface area contributed by atoms with Crippen LogP contribution in [0.5, 0.6) is 0 Å². The van der Waals surface area contributed by atoms with E-state index in [2.05, 4.69) is 15.0 Å². The van der Waals surface area contributed by atoms with Gasteiger partial charge >= 0.3 is 0 Å². The van der Waals surface area contributed by atoms with Gasteiger partial charge in [-0.05, 0) is 23.6 Å². The third-order valence-corrected chi connectivity index (χ3v) is 3.26. The lowest BCUT2D eigenvalue weighted by molar-refractivity contribution is 0.628. The number of hydrogen-bond donors (Lipinski definition) is 0. The van der Waals surface area contributed by atoms with Crippen LogP contribution >= 0.6 is 11.3 Å². The quantitative estimate of drug-likeness (QED) is 0.706. The molecule has 3 aromatic rings. The molecule has 5 heteroatoms. The molecule has 0 saturated heterocycles. The van der Waals surface area contributed by atoms with Gasteiger partial charge in [-0.2, -0.15) is 0 Å². The molecule has 0 spiro atoms. The van der Waals surface area contributed by atoms with Crippen molar-refractivity contribution in [3.8, 4) is 22.1 Å². The number of rotatable bonds is 2. The van der Waals surface area contributed by atoms with Crippen molar-refractivity contribution >= 4 is 11.3 Å². The average Bonchev–Trinajstić information content (AvgIpc) is 2.93. The smallest absolute Gasteiger partial charge is 0.173 e. The van der Waals surface area contributed by atoms with E-state index >= 15 is 0 Å². The Morgan fingerprint density at radius 2 is 1.89 bits per heavy atom. The van der Waals surface area contributed by atoms with Gasteiger partial charge in [0.05, 0.1) is 4.88 Å². The molecule has 0 aliphatic heterocycles. The molecule has 0 aliphatic carbocycles. The van der Waals surface area contributed by atoms with Crippen LogP contribution in [0.1, 0.15) is 0 Å². The highest BCUT2D eigenvalue weighted by Gasteiger charge is 2.07. The zero-order chi connectivity index (χ0) is 12.4. The number of nitrogens with zero attached hydrogens (tertiary/aromatic N) is 3. The van der Waals surface area contributed by atoms with Gasteiger partial charge in [-0.1, -0.05) is 18.2 Å². The first kappa shape index (κ1) is 11.0. The van der Waals surface area contributed by atoms with Crippen LogP contribution in [0.4, 0.5) is 4.39 Å². The third-order valence-electron chi connectivity index (χ3n) is 2.40. The van der Waals surface area contributed by atoms with Gasteiger partial charge in [0.1, 0.15) is 12.1 Å². The largest absolute Gasteiger partial charge is 0.217 e. The Balaban J connectivity index is 2.06. The highest BCUT2D eigenvalue weighted by molar-refractivity contribution is 7.13. The van der Waals surface area contributed by atoms with E-state index in [0.29, 0.717) is 17.2 Å². The minimum absolute atomic E-state index is 0.300. The number of hydrogen-bond acceptors (Lipinski definition) is 4. The first-order chi connectivity index (χ1) is 8.83. The summed E-state index contributed by atoms with van der Waals surface area (Å²) in [5.74, 6) is 0.790. The van der Waals surface area contributed by atoms with E-state index in [0.717, 1.165) is 4.88 Å². The second-order valence-electron chi connectivity index (χ2n) is 3.62. The monoisotopic (exact) mass is 257 g/mol. The van der Waals surface area contributed by atoms with Gasteiger partial charge in [0, 0.05) is 5.56 Å². The Labute approximate surface area is 107 Å². The van der Waals surface area contributed by atoms with Gasteiger partial charge in [0.15, 0.2) is 11.6 Å². The summed E-state index contributed by atoms with van der Waals surface area (Å²) in [4.78, 5) is 13.5. The van der Waals surface area contributed by atoms with Crippen LogP contribution in [0.15, 0.2) is 48.1 Å². The molecule has 3 rings (SSSR count). The number of aromatic nitrogens is 3. The second kappa shape index (κ2) is 4.62. The van der Waals surface area contributed by atoms with Crippen LogP contribution < -0.4 is 0 Å². The van der Waals surface area contributed by atoms with Crippen molar-refractivity contribution in [1.82, 2.24) is 15.0 Å². The highest BCUT2D eigenvalue weighted by Crippen LogP contribution is 2.22. The SMILES string of the molecule is Fc1cccc(-c2ncnc(-c3cccs3)n2)c1. The molecule has 0 amide bonds. The van der Waals surface area contributed by atoms with E-state index in [1.807, 2.05) is 17.5 Å². The standard InChI is InChI=1S/C13H8FN3S/c14-10-4-1-3-9(7-10)12-15-8-16-13(17-12)11-5-2-6-18-11/h1-8H. The van der Waals surface area contributed by atoms with Crippen molar-refractivity contribution in [1.29, 1.82) is 0 Å². The summed E-state index contributed by atoms with van der Waals surface area (Å²) in [6, 6.07) is 10.1. The van der Waals surface area contributed by atoms with Crippen LogP contribution in [0.25, 0.3) is 22.1 Å². The lowest BCUT2D eigenvalue weighted by Gasteiger charge is -2.01. The molecule has 0 N–H and O–H groups in total. The minimum atomic E-state index is -0.300. The number of benzene rings is 1. The van der Waals surface area contributed by atoms with E-state index in [9.17, 15) is 4.39 Å². The summed E-state index contributed by atoms with van der Waals surface area (Å²) in [6.45, 7) is 0. The summed E-state index contributed by atoms with van der Waals surface area (Å²) < 4.78 is 13.2. The lowest BCUT2D eigenvalue weighted by atomic mass is 10.2. The summed E-state index contributed by atoms with van der Waals surface area (Å²) in [5.41, 5.74) is 0.648. The Morgan fingerprint density at radius 1 is 1.00 bits per heavy atom. The molecule has 0 atom stereocenters. The summed E-state index contributed by atoms with van der Waals surface area (Å²) in [5, 5.41) is 1.96. The molecule has 2 aromatic heterocycles. The zero-order valence-corrected chi connectivity index (χ0v) is 10.1. The van der Waals surface area contributed by atoms with E-state index in [1.54, 1.807) is 23.5 Å². The van der Waals surface area contributed by atoms with E-state index < -0.39 is 0 Å². The minimum Gasteiger partial charge on any atom is -0.217 e. The molecule has 0 fully saturated rings. The predicted molar refractivity (Wildman–Crippen MR) is 68.5 cm³/mol. The van der Waals surface area contributed by atoms with Crippen molar-refractivity contribution in [3.63, 3.8) is 0 Å². The zero-order valence-electron chi connectivity index (χ0n) is 9.25. The fraction of sp³-hybridized carbons (Fsp3) is 0. The molecule has 18 heavy (non-hydrogen) atoms. The molecule has 2 heterocycles. The molecular formula is C13H8FN3S. The van der Waals surface area contributed by atoms with Gasteiger partial charge in [0.2, 0.25) is 0 Å². The van der Waals surface area contributed by atoms with Gasteiger partial charge in [-0.3, -0.25) is 0 Å². The van der Waals surface area contributed by atoms with Crippen molar-refractivity contribution in [2.24, 2.45) is 0 Å². The van der Waals surface area contributed by atoms with Gasteiger partial charge < -0.3 is 0 Å². The molecule has 0 unspecified atom stereocenters. The molecular weight excluding hydrogens is 249 g/mol. The summed E-state index contributed by atoms with van der Waals surface area (Å²) in [7, 11) is 0. The molecule has 0 saturated carbocycles. The van der Waals surface area contributed by atoms with Crippen LogP contribution in [-0.2, 0) is 0 Å². The molecule has 88 valence electrons. The normalized spacial score (nSPS) is 10.5. The molecule has 1 aromatic carbocycles. The van der Waals surface area contributed by atoms with Gasteiger partial charge in [-0.25, -0.2) is 19.3 Å². The van der Waals surface area contributed by atoms with E-state index in [4.69, 9.17) is 0 Å². The highest BCUT2D eigenvalue weighted by atomic mass is 32.1. The van der Waals surface area contributed by atoms with E-state index in [-0.39, 0.29) is 5.82 Å². The summed E-state index contributed by atoms with van der Waals surface area (Å²) in [6.07, 6.45) is 1.45. The van der Waals surface area contributed by atoms with Crippen LogP contribution in [0.3, 0.4) is 0 Å². The maximum absolute atomic E-state index is 13.2. The second-order valence-corrected chi connectivity index (χ2v) is 4.57. The fourth-order valence-electron chi connectivity index (χ4n) is 1.59. The Bertz CT molecular complexity index is 668. The Kier molecular flexibility index (Phi) is 2.82. The van der Waals surface area contributed by atoms with Crippen molar-refractivity contribution in [3.05, 3.63) is 53.9 Å². The third kappa shape index (κ3) is 2.12. The van der Waals surface area contributed by atoms with Crippen LogP contribution in [0, 0.1) is 5.82 Å². The van der Waals surface area contributed by atoms with E-state index in [1.165, 1.54) is 18.5 Å². The maximum atomic E-state index is 13.2. The van der Waals surface area contributed by atoms with Crippen LogP contribution in [0.2, 0.25) is 0 Å². The van der Waals surface area contributed by atoms with Gasteiger partial charge in [-0.15, -0.1) is 11.3 Å². The Morgan fingerprint density at radius 3 is 2.67 bits per heavy atom. The van der Waals surface area contributed by atoms with Crippen LogP contribution in [-0.4, -0.2) is 15.0 Å². The average molecular weight is 257 g/mol. The summed E-state index contributed by atoms with van der Waals surface area (Å²) >= 11 is 1.56. The molecule has 0 bridgehead atoms. The molecule has 0 radical (unpaired) electrons. The molecule has 0 aliphatic rings. The Hall–Kier alpha value is -2.14. The lowest BCUT2D eigenvalue weighted by Crippen LogP contribution is -1.94. The number of halogens is 1.